The second-order valence-electron chi connectivity index (χ2n) is 3.84. The Bertz CT molecular complexity index is 202. The fourth-order valence-corrected chi connectivity index (χ4v) is 1.72. The van der Waals surface area contributed by atoms with Gasteiger partial charge in [-0.1, -0.05) is 0 Å². The highest BCUT2D eigenvalue weighted by Gasteiger charge is 2.08. The minimum atomic E-state index is 0.881. The third-order valence-corrected chi connectivity index (χ3v) is 2.62. The number of nitrogens with one attached hydrogen (secondary N) is 2. The molecule has 0 spiro atoms. The van der Waals surface area contributed by atoms with Crippen LogP contribution in [0.3, 0.4) is 0 Å². The molecular weight excluding hydrogens is 204 g/mol. The van der Waals surface area contributed by atoms with Crippen molar-refractivity contribution >= 4 is 5.96 Å². The Kier molecular flexibility index (Phi) is 6.92. The van der Waals surface area contributed by atoms with E-state index in [9.17, 15) is 0 Å². The second kappa shape index (κ2) is 8.35. The first kappa shape index (κ1) is 13.3. The van der Waals surface area contributed by atoms with E-state index < -0.39 is 0 Å². The molecule has 16 heavy (non-hydrogen) atoms. The molecule has 0 aromatic carbocycles. The summed E-state index contributed by atoms with van der Waals surface area (Å²) in [5.41, 5.74) is 0. The van der Waals surface area contributed by atoms with Gasteiger partial charge < -0.3 is 15.4 Å². The van der Waals surface area contributed by atoms with E-state index in [0.29, 0.717) is 0 Å². The standard InChI is InChI=1S/C11H24N4O/c1-3-13-11(12-2)14-5-4-6-15-7-9-16-10-8-15/h3-10H2,1-2H3,(H2,12,13,14). The van der Waals surface area contributed by atoms with E-state index in [-0.39, 0.29) is 0 Å². The molecule has 1 heterocycles. The van der Waals surface area contributed by atoms with Gasteiger partial charge in [0, 0.05) is 33.2 Å². The molecule has 5 heteroatoms. The average molecular weight is 228 g/mol. The van der Waals surface area contributed by atoms with Crippen LogP contribution < -0.4 is 10.6 Å². The summed E-state index contributed by atoms with van der Waals surface area (Å²) in [5, 5.41) is 6.47. The highest BCUT2D eigenvalue weighted by molar-refractivity contribution is 5.79. The van der Waals surface area contributed by atoms with Crippen LogP contribution in [0, 0.1) is 0 Å². The number of hydrogen-bond acceptors (Lipinski definition) is 3. The minimum absolute atomic E-state index is 0.881. The normalized spacial score (nSPS) is 18.5. The maximum atomic E-state index is 5.31. The molecule has 1 aliphatic rings. The first-order valence-corrected chi connectivity index (χ1v) is 6.11. The molecule has 0 amide bonds. The molecular formula is C11H24N4O. The summed E-state index contributed by atoms with van der Waals surface area (Å²) in [4.78, 5) is 6.57. The van der Waals surface area contributed by atoms with Crippen molar-refractivity contribution in [2.75, 3.05) is 53.0 Å². The third-order valence-electron chi connectivity index (χ3n) is 2.62. The Labute approximate surface area is 98.3 Å². The van der Waals surface area contributed by atoms with Gasteiger partial charge in [-0.05, 0) is 19.9 Å². The van der Waals surface area contributed by atoms with Gasteiger partial charge in [0.05, 0.1) is 13.2 Å². The van der Waals surface area contributed by atoms with E-state index in [1.807, 2.05) is 0 Å². The lowest BCUT2D eigenvalue weighted by Crippen LogP contribution is -2.40. The van der Waals surface area contributed by atoms with E-state index in [4.69, 9.17) is 4.74 Å². The van der Waals surface area contributed by atoms with Crippen LogP contribution in [0.25, 0.3) is 0 Å². The van der Waals surface area contributed by atoms with E-state index >= 15 is 0 Å². The van der Waals surface area contributed by atoms with Crippen molar-refractivity contribution < 1.29 is 4.74 Å². The molecule has 0 radical (unpaired) electrons. The third kappa shape index (κ3) is 5.32. The van der Waals surface area contributed by atoms with Crippen molar-refractivity contribution in [3.8, 4) is 0 Å². The first-order chi connectivity index (χ1) is 7.86. The Morgan fingerprint density at radius 3 is 2.69 bits per heavy atom. The highest BCUT2D eigenvalue weighted by Crippen LogP contribution is 1.97. The summed E-state index contributed by atoms with van der Waals surface area (Å²) in [7, 11) is 1.80. The Morgan fingerprint density at radius 2 is 2.06 bits per heavy atom. The summed E-state index contributed by atoms with van der Waals surface area (Å²) < 4.78 is 5.31. The number of guanidine groups is 1. The molecule has 0 aromatic heterocycles. The van der Waals surface area contributed by atoms with Crippen LogP contribution in [0.1, 0.15) is 13.3 Å². The van der Waals surface area contributed by atoms with E-state index in [1.165, 1.54) is 0 Å². The van der Waals surface area contributed by atoms with Gasteiger partial charge >= 0.3 is 0 Å². The highest BCUT2D eigenvalue weighted by atomic mass is 16.5. The summed E-state index contributed by atoms with van der Waals surface area (Å²) in [6.45, 7) is 8.99. The molecule has 1 rings (SSSR count). The zero-order chi connectivity index (χ0) is 11.6. The number of aliphatic imine (C=N–C) groups is 1. The zero-order valence-corrected chi connectivity index (χ0v) is 10.5. The van der Waals surface area contributed by atoms with Crippen LogP contribution in [0.4, 0.5) is 0 Å². The van der Waals surface area contributed by atoms with Crippen LogP contribution in [-0.2, 0) is 4.74 Å². The van der Waals surface area contributed by atoms with Crippen molar-refractivity contribution in [1.29, 1.82) is 0 Å². The maximum absolute atomic E-state index is 5.31. The van der Waals surface area contributed by atoms with Gasteiger partial charge in [0.25, 0.3) is 0 Å². The van der Waals surface area contributed by atoms with Gasteiger partial charge in [-0.2, -0.15) is 0 Å². The summed E-state index contributed by atoms with van der Waals surface area (Å²) in [6, 6.07) is 0. The monoisotopic (exact) mass is 228 g/mol. The van der Waals surface area contributed by atoms with Gasteiger partial charge in [0.2, 0.25) is 0 Å². The number of morpholine rings is 1. The molecule has 0 aliphatic carbocycles. The van der Waals surface area contributed by atoms with Crippen LogP contribution >= 0.6 is 0 Å². The minimum Gasteiger partial charge on any atom is -0.379 e. The Balaban J connectivity index is 2.01. The van der Waals surface area contributed by atoms with Crippen LogP contribution in [0.15, 0.2) is 4.99 Å². The summed E-state index contributed by atoms with van der Waals surface area (Å²) in [5.74, 6) is 0.893. The SMILES string of the molecule is CCNC(=NC)NCCCN1CCOCC1. The zero-order valence-electron chi connectivity index (χ0n) is 10.5. The van der Waals surface area contributed by atoms with Crippen molar-refractivity contribution in [2.24, 2.45) is 4.99 Å². The van der Waals surface area contributed by atoms with Gasteiger partial charge in [-0.3, -0.25) is 9.89 Å². The smallest absolute Gasteiger partial charge is 0.190 e. The lowest BCUT2D eigenvalue weighted by Gasteiger charge is -2.26. The first-order valence-electron chi connectivity index (χ1n) is 6.11. The van der Waals surface area contributed by atoms with Gasteiger partial charge in [0.15, 0.2) is 5.96 Å². The van der Waals surface area contributed by atoms with Crippen LogP contribution in [-0.4, -0.2) is 63.8 Å². The topological polar surface area (TPSA) is 48.9 Å². The molecule has 1 fully saturated rings. The Morgan fingerprint density at radius 1 is 1.31 bits per heavy atom. The van der Waals surface area contributed by atoms with Crippen LogP contribution in [0.5, 0.6) is 0 Å². The van der Waals surface area contributed by atoms with E-state index in [1.54, 1.807) is 7.05 Å². The fourth-order valence-electron chi connectivity index (χ4n) is 1.72. The number of rotatable bonds is 5. The van der Waals surface area contributed by atoms with Crippen molar-refractivity contribution in [1.82, 2.24) is 15.5 Å². The number of ether oxygens (including phenoxy) is 1. The van der Waals surface area contributed by atoms with Gasteiger partial charge in [-0.15, -0.1) is 0 Å². The molecule has 0 aromatic rings. The van der Waals surface area contributed by atoms with Gasteiger partial charge in [-0.25, -0.2) is 0 Å². The van der Waals surface area contributed by atoms with E-state index in [2.05, 4.69) is 27.4 Å². The predicted octanol–water partition coefficient (Wildman–Crippen LogP) is -0.106. The summed E-state index contributed by atoms with van der Waals surface area (Å²) in [6.07, 6.45) is 1.14. The lowest BCUT2D eigenvalue weighted by atomic mass is 10.3. The average Bonchev–Trinajstić information content (AvgIpc) is 2.34. The van der Waals surface area contributed by atoms with Crippen molar-refractivity contribution in [3.63, 3.8) is 0 Å². The molecule has 1 aliphatic heterocycles. The summed E-state index contributed by atoms with van der Waals surface area (Å²) >= 11 is 0. The molecule has 0 atom stereocenters. The number of nitrogens with zero attached hydrogens (tertiary/aromatic N) is 2. The molecule has 94 valence electrons. The largest absolute Gasteiger partial charge is 0.379 e. The molecule has 0 saturated carbocycles. The maximum Gasteiger partial charge on any atom is 0.190 e. The quantitative estimate of drug-likeness (QED) is 0.392. The Hall–Kier alpha value is -0.810. The van der Waals surface area contributed by atoms with E-state index in [0.717, 1.165) is 58.3 Å². The molecule has 1 saturated heterocycles. The fraction of sp³-hybridized carbons (Fsp3) is 0.909. The second-order valence-corrected chi connectivity index (χ2v) is 3.84. The van der Waals surface area contributed by atoms with Gasteiger partial charge in [0.1, 0.15) is 0 Å². The molecule has 5 nitrogen and oxygen atoms in total. The molecule has 0 bridgehead atoms. The number of hydrogen-bond donors (Lipinski definition) is 2. The van der Waals surface area contributed by atoms with Crippen molar-refractivity contribution in [3.05, 3.63) is 0 Å². The van der Waals surface area contributed by atoms with Crippen LogP contribution in [0.2, 0.25) is 0 Å². The predicted molar refractivity (Wildman–Crippen MR) is 66.9 cm³/mol. The molecule has 2 N–H and O–H groups in total. The lowest BCUT2D eigenvalue weighted by molar-refractivity contribution is 0.0376. The molecule has 0 unspecified atom stereocenters. The van der Waals surface area contributed by atoms with Crippen molar-refractivity contribution in [2.45, 2.75) is 13.3 Å².